The minimum absolute atomic E-state index is 0.207. The van der Waals surface area contributed by atoms with Gasteiger partial charge in [-0.3, -0.25) is 14.3 Å². The Labute approximate surface area is 177 Å². The summed E-state index contributed by atoms with van der Waals surface area (Å²) in [5.41, 5.74) is 2.36. The first-order valence-corrected chi connectivity index (χ1v) is 9.66. The second-order valence-electron chi connectivity index (χ2n) is 7.22. The molecule has 8 nitrogen and oxygen atoms in total. The van der Waals surface area contributed by atoms with Gasteiger partial charge in [0.15, 0.2) is 17.2 Å². The highest BCUT2D eigenvalue weighted by atomic mass is 16.5. The van der Waals surface area contributed by atoms with E-state index in [9.17, 15) is 14.9 Å². The number of nitriles is 1. The van der Waals surface area contributed by atoms with E-state index in [1.807, 2.05) is 48.7 Å². The van der Waals surface area contributed by atoms with Crippen molar-refractivity contribution in [3.63, 3.8) is 0 Å². The van der Waals surface area contributed by atoms with E-state index < -0.39 is 11.2 Å². The van der Waals surface area contributed by atoms with Gasteiger partial charge in [-0.15, -0.1) is 0 Å². The minimum Gasteiger partial charge on any atom is -0.488 e. The molecule has 0 radical (unpaired) electrons. The number of aryl methyl sites for hydroxylation is 2. The fourth-order valence-corrected chi connectivity index (χ4v) is 3.27. The molecule has 0 bridgehead atoms. The molecule has 3 heterocycles. The van der Waals surface area contributed by atoms with Crippen molar-refractivity contribution in [2.45, 2.75) is 20.4 Å². The van der Waals surface area contributed by atoms with Gasteiger partial charge in [-0.25, -0.2) is 4.79 Å². The summed E-state index contributed by atoms with van der Waals surface area (Å²) >= 11 is 0. The average molecular weight is 416 g/mol. The van der Waals surface area contributed by atoms with Crippen molar-refractivity contribution in [1.29, 1.82) is 5.26 Å². The van der Waals surface area contributed by atoms with E-state index in [1.165, 1.54) is 16.8 Å². The van der Waals surface area contributed by atoms with Crippen molar-refractivity contribution in [3.05, 3.63) is 92.5 Å². The van der Waals surface area contributed by atoms with Gasteiger partial charge in [-0.1, -0.05) is 6.07 Å². The predicted molar refractivity (Wildman–Crippen MR) is 115 cm³/mol. The molecule has 0 aliphatic heterocycles. The van der Waals surface area contributed by atoms with Crippen molar-refractivity contribution in [1.82, 2.24) is 14.0 Å². The quantitative estimate of drug-likeness (QED) is 0.520. The number of ether oxygens (including phenoxy) is 2. The molecule has 8 heteroatoms. The van der Waals surface area contributed by atoms with Gasteiger partial charge in [0, 0.05) is 24.7 Å². The summed E-state index contributed by atoms with van der Waals surface area (Å²) in [7, 11) is 0. The molecule has 0 aliphatic carbocycles. The standard InChI is InChI=1S/C23H20N4O4/c1-15-3-4-19(21(9-15)30-8-7-26-6-5-22(28)25-23(26)29)31-20-10-16(2)13-27-14-17(12-24)11-18(20)27/h3-6,9-11,13-14H,7-8H2,1-2H3,(H,25,28,29). The van der Waals surface area contributed by atoms with Crippen LogP contribution in [0.3, 0.4) is 0 Å². The van der Waals surface area contributed by atoms with Gasteiger partial charge in [0.25, 0.3) is 5.56 Å². The zero-order chi connectivity index (χ0) is 22.0. The Morgan fingerprint density at radius 2 is 1.81 bits per heavy atom. The number of pyridine rings is 1. The lowest BCUT2D eigenvalue weighted by atomic mass is 10.2. The zero-order valence-electron chi connectivity index (χ0n) is 17.1. The largest absolute Gasteiger partial charge is 0.488 e. The Balaban J connectivity index is 1.60. The van der Waals surface area contributed by atoms with Crippen molar-refractivity contribution in [3.8, 4) is 23.3 Å². The number of hydrogen-bond donors (Lipinski definition) is 1. The first-order chi connectivity index (χ1) is 14.9. The first-order valence-electron chi connectivity index (χ1n) is 9.66. The summed E-state index contributed by atoms with van der Waals surface area (Å²) in [5.74, 6) is 1.66. The molecule has 0 spiro atoms. The number of H-pyrrole nitrogens is 1. The molecule has 0 saturated heterocycles. The molecule has 1 aromatic carbocycles. The van der Waals surface area contributed by atoms with Crippen LogP contribution in [0.5, 0.6) is 17.2 Å². The van der Waals surface area contributed by atoms with Crippen LogP contribution in [0.1, 0.15) is 16.7 Å². The van der Waals surface area contributed by atoms with Crippen molar-refractivity contribution < 1.29 is 9.47 Å². The van der Waals surface area contributed by atoms with Crippen LogP contribution in [-0.4, -0.2) is 20.6 Å². The van der Waals surface area contributed by atoms with Crippen molar-refractivity contribution in [2.24, 2.45) is 0 Å². The molecule has 4 rings (SSSR count). The molecule has 0 saturated carbocycles. The summed E-state index contributed by atoms with van der Waals surface area (Å²) in [6.07, 6.45) is 5.11. The summed E-state index contributed by atoms with van der Waals surface area (Å²) in [5, 5.41) is 9.22. The number of fused-ring (bicyclic) bond motifs is 1. The molecular weight excluding hydrogens is 396 g/mol. The van der Waals surface area contributed by atoms with E-state index in [2.05, 4.69) is 11.1 Å². The van der Waals surface area contributed by atoms with E-state index in [0.29, 0.717) is 22.8 Å². The zero-order valence-corrected chi connectivity index (χ0v) is 17.1. The predicted octanol–water partition coefficient (Wildman–Crippen LogP) is 3.15. The number of nitrogens with one attached hydrogen (secondary N) is 1. The second kappa shape index (κ2) is 8.24. The number of hydrogen-bond acceptors (Lipinski definition) is 5. The Bertz CT molecular complexity index is 1420. The number of nitrogens with zero attached hydrogens (tertiary/aromatic N) is 3. The summed E-state index contributed by atoms with van der Waals surface area (Å²) in [6, 6.07) is 12.7. The highest BCUT2D eigenvalue weighted by Crippen LogP contribution is 2.35. The average Bonchev–Trinajstić information content (AvgIpc) is 3.14. The molecule has 1 N–H and O–H groups in total. The normalized spacial score (nSPS) is 10.7. The lowest BCUT2D eigenvalue weighted by Gasteiger charge is -2.15. The monoisotopic (exact) mass is 416 g/mol. The maximum Gasteiger partial charge on any atom is 0.328 e. The van der Waals surface area contributed by atoms with Crippen LogP contribution in [0.4, 0.5) is 0 Å². The molecular formula is C23H20N4O4. The van der Waals surface area contributed by atoms with E-state index in [-0.39, 0.29) is 13.2 Å². The second-order valence-corrected chi connectivity index (χ2v) is 7.22. The SMILES string of the molecule is Cc1ccc(Oc2cc(C)cn3cc(C#N)cc23)c(OCCn2ccc(=O)[nH]c2=O)c1. The molecule has 31 heavy (non-hydrogen) atoms. The highest BCUT2D eigenvalue weighted by molar-refractivity contribution is 5.66. The Kier molecular flexibility index (Phi) is 5.33. The van der Waals surface area contributed by atoms with Crippen LogP contribution in [0.15, 0.2) is 64.6 Å². The fraction of sp³-hybridized carbons (Fsp3) is 0.174. The van der Waals surface area contributed by atoms with Gasteiger partial charge in [0.2, 0.25) is 0 Å². The first kappa shape index (κ1) is 20.0. The Hall–Kier alpha value is -4.25. The number of aromatic nitrogens is 3. The molecule has 0 aliphatic rings. The molecule has 156 valence electrons. The maximum atomic E-state index is 11.8. The van der Waals surface area contributed by atoms with E-state index in [0.717, 1.165) is 16.6 Å². The van der Waals surface area contributed by atoms with Gasteiger partial charge < -0.3 is 13.9 Å². The van der Waals surface area contributed by atoms with Crippen LogP contribution in [0, 0.1) is 25.2 Å². The van der Waals surface area contributed by atoms with Crippen LogP contribution in [-0.2, 0) is 6.54 Å². The summed E-state index contributed by atoms with van der Waals surface area (Å²) < 4.78 is 15.3. The molecule has 0 unspecified atom stereocenters. The van der Waals surface area contributed by atoms with Crippen LogP contribution < -0.4 is 20.7 Å². The van der Waals surface area contributed by atoms with E-state index >= 15 is 0 Å². The third-order valence-corrected chi connectivity index (χ3v) is 4.74. The van der Waals surface area contributed by atoms with Crippen molar-refractivity contribution in [2.75, 3.05) is 6.61 Å². The van der Waals surface area contributed by atoms with Gasteiger partial charge >= 0.3 is 5.69 Å². The smallest absolute Gasteiger partial charge is 0.328 e. The molecule has 4 aromatic rings. The summed E-state index contributed by atoms with van der Waals surface area (Å²) in [4.78, 5) is 25.2. The van der Waals surface area contributed by atoms with Gasteiger partial charge in [0.05, 0.1) is 17.6 Å². The molecule has 0 amide bonds. The van der Waals surface area contributed by atoms with Crippen LogP contribution >= 0.6 is 0 Å². The highest BCUT2D eigenvalue weighted by Gasteiger charge is 2.12. The molecule has 0 fully saturated rings. The topological polar surface area (TPSA) is 102 Å². The van der Waals surface area contributed by atoms with Crippen LogP contribution in [0.2, 0.25) is 0 Å². The minimum atomic E-state index is -0.486. The van der Waals surface area contributed by atoms with Crippen LogP contribution in [0.25, 0.3) is 5.52 Å². The lowest BCUT2D eigenvalue weighted by molar-refractivity contribution is 0.283. The van der Waals surface area contributed by atoms with Gasteiger partial charge in [-0.05, 0) is 49.2 Å². The maximum absolute atomic E-state index is 11.8. The third-order valence-electron chi connectivity index (χ3n) is 4.74. The Morgan fingerprint density at radius 1 is 1.00 bits per heavy atom. The number of benzene rings is 1. The van der Waals surface area contributed by atoms with Gasteiger partial charge in [0.1, 0.15) is 12.7 Å². The van der Waals surface area contributed by atoms with E-state index in [4.69, 9.17) is 9.47 Å². The number of aromatic amines is 1. The molecule has 0 atom stereocenters. The van der Waals surface area contributed by atoms with Gasteiger partial charge in [-0.2, -0.15) is 5.26 Å². The summed E-state index contributed by atoms with van der Waals surface area (Å²) in [6.45, 7) is 4.37. The lowest BCUT2D eigenvalue weighted by Crippen LogP contribution is -2.30. The van der Waals surface area contributed by atoms with E-state index in [1.54, 1.807) is 12.3 Å². The molecule has 3 aromatic heterocycles. The van der Waals surface area contributed by atoms with Crippen molar-refractivity contribution >= 4 is 5.52 Å². The number of rotatable bonds is 6. The fourth-order valence-electron chi connectivity index (χ4n) is 3.27. The third kappa shape index (κ3) is 4.36. The Morgan fingerprint density at radius 3 is 2.58 bits per heavy atom.